The smallest absolute Gasteiger partial charge is 0.325 e. The summed E-state index contributed by atoms with van der Waals surface area (Å²) in [6, 6.07) is 1.18. The number of hydrogen-bond donors (Lipinski definition) is 2. The molecular weight excluding hydrogens is 246 g/mol. The van der Waals surface area contributed by atoms with Crippen molar-refractivity contribution in [3.05, 3.63) is 45.8 Å². The summed E-state index contributed by atoms with van der Waals surface area (Å²) in [7, 11) is 0. The first-order valence-electron chi connectivity index (χ1n) is 4.98. The highest BCUT2D eigenvalue weighted by Crippen LogP contribution is 2.18. The van der Waals surface area contributed by atoms with Gasteiger partial charge in [0, 0.05) is 23.6 Å². The molecule has 0 saturated heterocycles. The van der Waals surface area contributed by atoms with Crippen LogP contribution in [0.25, 0.3) is 10.4 Å². The number of carboxylic acid groups (broad SMARTS) is 1. The number of azide groups is 1. The van der Waals surface area contributed by atoms with E-state index >= 15 is 0 Å². The van der Waals surface area contributed by atoms with Crippen molar-refractivity contribution in [3.63, 3.8) is 0 Å². The van der Waals surface area contributed by atoms with Crippen LogP contribution in [0.1, 0.15) is 11.6 Å². The predicted octanol–water partition coefficient (Wildman–Crippen LogP) is 1.99. The molecule has 0 aromatic heterocycles. The van der Waals surface area contributed by atoms with E-state index in [0.29, 0.717) is 0 Å². The van der Waals surface area contributed by atoms with E-state index in [-0.39, 0.29) is 18.7 Å². The van der Waals surface area contributed by atoms with Crippen LogP contribution in [0.15, 0.2) is 23.3 Å². The van der Waals surface area contributed by atoms with E-state index < -0.39 is 23.6 Å². The molecule has 0 fully saturated rings. The van der Waals surface area contributed by atoms with Crippen molar-refractivity contribution in [2.75, 3.05) is 13.1 Å². The van der Waals surface area contributed by atoms with Crippen LogP contribution in [0.5, 0.6) is 0 Å². The number of nitrogens with zero attached hydrogens (tertiary/aromatic N) is 3. The van der Waals surface area contributed by atoms with Crippen molar-refractivity contribution in [2.45, 2.75) is 6.04 Å². The maximum Gasteiger partial charge on any atom is 0.325 e. The molecule has 0 saturated carbocycles. The molecule has 0 aliphatic carbocycles. The molecule has 0 aliphatic rings. The van der Waals surface area contributed by atoms with Gasteiger partial charge in [-0.25, -0.2) is 8.78 Å². The number of hydrogen-bond acceptors (Lipinski definition) is 3. The summed E-state index contributed by atoms with van der Waals surface area (Å²) >= 11 is 0. The van der Waals surface area contributed by atoms with Gasteiger partial charge in [-0.3, -0.25) is 4.79 Å². The quantitative estimate of drug-likeness (QED) is 0.352. The minimum absolute atomic E-state index is 0.0111. The third kappa shape index (κ3) is 3.69. The molecule has 0 aliphatic heterocycles. The van der Waals surface area contributed by atoms with E-state index in [1.165, 1.54) is 0 Å². The van der Waals surface area contributed by atoms with Gasteiger partial charge in [-0.05, 0) is 23.7 Å². The SMILES string of the molecule is [N-]=[N+]=NCCNC(C(=O)O)c1cc(F)ccc1F. The first-order valence-corrected chi connectivity index (χ1v) is 4.98. The Bertz CT molecular complexity index is 489. The molecule has 1 rings (SSSR count). The van der Waals surface area contributed by atoms with Gasteiger partial charge in [0.15, 0.2) is 0 Å². The van der Waals surface area contributed by atoms with Crippen LogP contribution in [0.4, 0.5) is 8.78 Å². The molecule has 1 unspecified atom stereocenters. The zero-order valence-electron chi connectivity index (χ0n) is 9.18. The minimum Gasteiger partial charge on any atom is -0.480 e. The Morgan fingerprint density at radius 1 is 1.56 bits per heavy atom. The van der Waals surface area contributed by atoms with Gasteiger partial charge in [-0.1, -0.05) is 5.11 Å². The maximum absolute atomic E-state index is 13.4. The molecule has 96 valence electrons. The fourth-order valence-corrected chi connectivity index (χ4v) is 1.37. The van der Waals surface area contributed by atoms with E-state index in [1.807, 2.05) is 0 Å². The van der Waals surface area contributed by atoms with Crippen molar-refractivity contribution in [2.24, 2.45) is 5.11 Å². The Morgan fingerprint density at radius 2 is 2.28 bits per heavy atom. The predicted molar refractivity (Wildman–Crippen MR) is 58.8 cm³/mol. The Balaban J connectivity index is 2.87. The van der Waals surface area contributed by atoms with Gasteiger partial charge < -0.3 is 10.4 Å². The Hall–Kier alpha value is -2.18. The lowest BCUT2D eigenvalue weighted by molar-refractivity contribution is -0.139. The van der Waals surface area contributed by atoms with Gasteiger partial charge in [0.2, 0.25) is 0 Å². The fourth-order valence-electron chi connectivity index (χ4n) is 1.37. The molecule has 1 atom stereocenters. The minimum atomic E-state index is -1.39. The van der Waals surface area contributed by atoms with Gasteiger partial charge in [0.1, 0.15) is 17.7 Å². The monoisotopic (exact) mass is 256 g/mol. The number of carbonyl (C=O) groups is 1. The van der Waals surface area contributed by atoms with E-state index in [4.69, 9.17) is 10.6 Å². The van der Waals surface area contributed by atoms with Gasteiger partial charge in [-0.15, -0.1) is 0 Å². The summed E-state index contributed by atoms with van der Waals surface area (Å²) in [5.74, 6) is -2.89. The largest absolute Gasteiger partial charge is 0.480 e. The summed E-state index contributed by atoms with van der Waals surface area (Å²) in [6.45, 7) is 0.0498. The molecule has 0 bridgehead atoms. The second-order valence-electron chi connectivity index (χ2n) is 3.35. The maximum atomic E-state index is 13.4. The van der Waals surface area contributed by atoms with E-state index in [0.717, 1.165) is 18.2 Å². The number of halogens is 2. The molecule has 8 heteroatoms. The molecule has 2 N–H and O–H groups in total. The molecule has 6 nitrogen and oxygen atoms in total. The third-order valence-electron chi connectivity index (χ3n) is 2.14. The topological polar surface area (TPSA) is 98.1 Å². The van der Waals surface area contributed by atoms with E-state index in [9.17, 15) is 13.6 Å². The van der Waals surface area contributed by atoms with Crippen molar-refractivity contribution in [1.82, 2.24) is 5.32 Å². The number of aliphatic carboxylic acids is 1. The molecule has 0 radical (unpaired) electrons. The van der Waals surface area contributed by atoms with Gasteiger partial charge in [0.05, 0.1) is 0 Å². The lowest BCUT2D eigenvalue weighted by Gasteiger charge is -2.14. The Labute approximate surface area is 101 Å². The zero-order chi connectivity index (χ0) is 13.5. The molecule has 18 heavy (non-hydrogen) atoms. The lowest BCUT2D eigenvalue weighted by atomic mass is 10.1. The normalized spacial score (nSPS) is 11.7. The molecular formula is C10H10F2N4O2. The van der Waals surface area contributed by atoms with Crippen molar-refractivity contribution >= 4 is 5.97 Å². The second kappa shape index (κ2) is 6.53. The van der Waals surface area contributed by atoms with Crippen LogP contribution in [-0.2, 0) is 4.79 Å². The van der Waals surface area contributed by atoms with Crippen LogP contribution in [-0.4, -0.2) is 24.2 Å². The summed E-state index contributed by atoms with van der Waals surface area (Å²) in [6.07, 6.45) is 0. The Morgan fingerprint density at radius 3 is 2.89 bits per heavy atom. The van der Waals surface area contributed by atoms with Crippen LogP contribution >= 0.6 is 0 Å². The summed E-state index contributed by atoms with van der Waals surface area (Å²) in [5, 5.41) is 14.6. The summed E-state index contributed by atoms with van der Waals surface area (Å²) in [4.78, 5) is 13.5. The molecule has 0 amide bonds. The highest BCUT2D eigenvalue weighted by Gasteiger charge is 2.22. The number of nitrogens with one attached hydrogen (secondary N) is 1. The molecule has 1 aromatic rings. The second-order valence-corrected chi connectivity index (χ2v) is 3.35. The zero-order valence-corrected chi connectivity index (χ0v) is 9.18. The average Bonchev–Trinajstić information content (AvgIpc) is 2.32. The van der Waals surface area contributed by atoms with Crippen molar-refractivity contribution < 1.29 is 18.7 Å². The van der Waals surface area contributed by atoms with Crippen molar-refractivity contribution in [3.8, 4) is 0 Å². The van der Waals surface area contributed by atoms with E-state index in [2.05, 4.69) is 15.3 Å². The highest BCUT2D eigenvalue weighted by molar-refractivity contribution is 5.75. The van der Waals surface area contributed by atoms with Gasteiger partial charge in [-0.2, -0.15) is 0 Å². The number of carboxylic acids is 1. The first kappa shape index (κ1) is 13.9. The first-order chi connectivity index (χ1) is 8.56. The average molecular weight is 256 g/mol. The molecule has 0 heterocycles. The van der Waals surface area contributed by atoms with Crippen molar-refractivity contribution in [1.29, 1.82) is 0 Å². The highest BCUT2D eigenvalue weighted by atomic mass is 19.1. The van der Waals surface area contributed by atoms with Crippen LogP contribution in [0.2, 0.25) is 0 Å². The van der Waals surface area contributed by atoms with Crippen LogP contribution in [0, 0.1) is 11.6 Å². The van der Waals surface area contributed by atoms with Gasteiger partial charge in [0.25, 0.3) is 0 Å². The summed E-state index contributed by atoms with van der Waals surface area (Å²) < 4.78 is 26.4. The van der Waals surface area contributed by atoms with Gasteiger partial charge >= 0.3 is 5.97 Å². The van der Waals surface area contributed by atoms with E-state index in [1.54, 1.807) is 0 Å². The lowest BCUT2D eigenvalue weighted by Crippen LogP contribution is -2.31. The third-order valence-corrected chi connectivity index (χ3v) is 2.14. The number of benzene rings is 1. The number of rotatable bonds is 6. The summed E-state index contributed by atoms with van der Waals surface area (Å²) in [5.41, 5.74) is 7.74. The van der Waals surface area contributed by atoms with Crippen LogP contribution < -0.4 is 5.32 Å². The molecule has 1 aromatic carbocycles. The van der Waals surface area contributed by atoms with Crippen LogP contribution in [0.3, 0.4) is 0 Å². The fraction of sp³-hybridized carbons (Fsp3) is 0.300. The molecule has 0 spiro atoms. The Kier molecular flexibility index (Phi) is 5.04. The standard InChI is InChI=1S/C10H10F2N4O2/c11-6-1-2-8(12)7(5-6)9(10(17)18)14-3-4-15-16-13/h1-2,5,9,14H,3-4H2,(H,17,18).